The first-order valence-electron chi connectivity index (χ1n) is 9.39. The molecule has 0 saturated carbocycles. The van der Waals surface area contributed by atoms with Crippen molar-refractivity contribution < 1.29 is 0 Å². The van der Waals surface area contributed by atoms with Crippen LogP contribution in [0.1, 0.15) is 41.7 Å². The number of hydrogen-bond acceptors (Lipinski definition) is 0. The maximum Gasteiger partial charge on any atom is 0.0594 e. The monoisotopic (exact) mass is 400 g/mol. The molecular formula is C25H30Cl2. The van der Waals surface area contributed by atoms with Gasteiger partial charge in [-0.25, -0.2) is 0 Å². The van der Waals surface area contributed by atoms with Crippen LogP contribution in [0.15, 0.2) is 66.7 Å². The molecule has 144 valence electrons. The first kappa shape index (κ1) is 23.3. The van der Waals surface area contributed by atoms with Crippen molar-refractivity contribution in [2.75, 3.05) is 0 Å². The van der Waals surface area contributed by atoms with Crippen LogP contribution in [0.25, 0.3) is 0 Å². The number of hydrogen-bond donors (Lipinski definition) is 0. The molecule has 0 fully saturated rings. The molecule has 0 unspecified atom stereocenters. The third kappa shape index (κ3) is 8.65. The summed E-state index contributed by atoms with van der Waals surface area (Å²) in [6.07, 6.45) is 2.30. The average Bonchev–Trinajstić information content (AvgIpc) is 2.67. The van der Waals surface area contributed by atoms with Crippen LogP contribution in [0.2, 0.25) is 10.0 Å². The first-order chi connectivity index (χ1) is 12.9. The van der Waals surface area contributed by atoms with E-state index in [0.29, 0.717) is 10.0 Å². The molecule has 0 amide bonds. The van der Waals surface area contributed by atoms with Crippen molar-refractivity contribution in [2.45, 2.75) is 47.5 Å². The van der Waals surface area contributed by atoms with Crippen LogP contribution in [0.5, 0.6) is 0 Å². The normalized spacial score (nSPS) is 9.59. The standard InChI is InChI=1S/C11H16.C7H6Cl2.C7H8/c1-4-10-7-6-8-11(5-2)9(10)3;1-5-2-3-6(8)7(9)4-5;1-7-5-3-2-4-6-7/h6-8H,4-5H2,1-3H3;2-4H,1H3;2-6H,1H3. The molecule has 0 nitrogen and oxygen atoms in total. The molecule has 27 heavy (non-hydrogen) atoms. The molecule has 0 aliphatic carbocycles. The van der Waals surface area contributed by atoms with E-state index in [1.54, 1.807) is 6.07 Å². The second kappa shape index (κ2) is 12.6. The van der Waals surface area contributed by atoms with E-state index in [-0.39, 0.29) is 0 Å². The summed E-state index contributed by atoms with van der Waals surface area (Å²) in [7, 11) is 0. The van der Waals surface area contributed by atoms with Crippen LogP contribution in [0.4, 0.5) is 0 Å². The van der Waals surface area contributed by atoms with Gasteiger partial charge in [-0.1, -0.05) is 97.2 Å². The Kier molecular flexibility index (Phi) is 10.9. The Morgan fingerprint density at radius 1 is 0.593 bits per heavy atom. The van der Waals surface area contributed by atoms with E-state index in [1.807, 2.05) is 37.3 Å². The number of aryl methyl sites for hydroxylation is 4. The van der Waals surface area contributed by atoms with Gasteiger partial charge in [0, 0.05) is 0 Å². The van der Waals surface area contributed by atoms with E-state index >= 15 is 0 Å². The Morgan fingerprint density at radius 3 is 1.52 bits per heavy atom. The van der Waals surface area contributed by atoms with Gasteiger partial charge >= 0.3 is 0 Å². The SMILES string of the molecule is CCc1cccc(CC)c1C.Cc1ccc(Cl)c(Cl)c1.Cc1ccccc1. The molecule has 3 rings (SSSR count). The van der Waals surface area contributed by atoms with Crippen molar-refractivity contribution in [1.29, 1.82) is 0 Å². The van der Waals surface area contributed by atoms with Crippen molar-refractivity contribution in [3.63, 3.8) is 0 Å². The van der Waals surface area contributed by atoms with Crippen LogP contribution >= 0.6 is 23.2 Å². The van der Waals surface area contributed by atoms with E-state index in [1.165, 1.54) is 22.3 Å². The highest BCUT2D eigenvalue weighted by molar-refractivity contribution is 6.41. The molecule has 0 aliphatic rings. The lowest BCUT2D eigenvalue weighted by molar-refractivity contribution is 1.05. The van der Waals surface area contributed by atoms with Crippen molar-refractivity contribution in [2.24, 2.45) is 0 Å². The molecule has 0 bridgehead atoms. The summed E-state index contributed by atoms with van der Waals surface area (Å²) in [6.45, 7) is 10.7. The van der Waals surface area contributed by atoms with Crippen molar-refractivity contribution >= 4 is 23.2 Å². The van der Waals surface area contributed by atoms with Gasteiger partial charge < -0.3 is 0 Å². The topological polar surface area (TPSA) is 0 Å². The molecule has 0 aliphatic heterocycles. The van der Waals surface area contributed by atoms with Gasteiger partial charge in [-0.3, -0.25) is 0 Å². The van der Waals surface area contributed by atoms with Crippen molar-refractivity contribution in [1.82, 2.24) is 0 Å². The molecular weight excluding hydrogens is 371 g/mol. The molecule has 0 N–H and O–H groups in total. The smallest absolute Gasteiger partial charge is 0.0594 e. The highest BCUT2D eigenvalue weighted by Crippen LogP contribution is 2.21. The maximum absolute atomic E-state index is 5.68. The van der Waals surface area contributed by atoms with Gasteiger partial charge in [0.1, 0.15) is 0 Å². The van der Waals surface area contributed by atoms with Gasteiger partial charge in [0.2, 0.25) is 0 Å². The zero-order valence-electron chi connectivity index (χ0n) is 17.0. The Labute approximate surface area is 175 Å². The summed E-state index contributed by atoms with van der Waals surface area (Å²) < 4.78 is 0. The van der Waals surface area contributed by atoms with E-state index in [4.69, 9.17) is 23.2 Å². The predicted molar refractivity (Wildman–Crippen MR) is 122 cm³/mol. The molecule has 0 atom stereocenters. The lowest BCUT2D eigenvalue weighted by atomic mass is 9.99. The van der Waals surface area contributed by atoms with Crippen LogP contribution in [0, 0.1) is 20.8 Å². The number of halogens is 2. The first-order valence-corrected chi connectivity index (χ1v) is 10.1. The van der Waals surface area contributed by atoms with E-state index < -0.39 is 0 Å². The molecule has 0 saturated heterocycles. The molecule has 0 heterocycles. The zero-order chi connectivity index (χ0) is 20.2. The fraction of sp³-hybridized carbons (Fsp3) is 0.280. The van der Waals surface area contributed by atoms with E-state index in [2.05, 4.69) is 58.0 Å². The highest BCUT2D eigenvalue weighted by Gasteiger charge is 1.98. The van der Waals surface area contributed by atoms with Gasteiger partial charge in [-0.15, -0.1) is 0 Å². The summed E-state index contributed by atoms with van der Waals surface area (Å²) in [5, 5.41) is 1.24. The molecule has 0 spiro atoms. The molecule has 3 aromatic carbocycles. The van der Waals surface area contributed by atoms with Gasteiger partial charge in [-0.05, 0) is 68.0 Å². The Balaban J connectivity index is 0.000000208. The summed E-state index contributed by atoms with van der Waals surface area (Å²) in [4.78, 5) is 0. The largest absolute Gasteiger partial charge is 0.0827 e. The van der Waals surface area contributed by atoms with Gasteiger partial charge in [0.25, 0.3) is 0 Å². The fourth-order valence-corrected chi connectivity index (χ4v) is 2.99. The summed E-state index contributed by atoms with van der Waals surface area (Å²) >= 11 is 11.3. The number of rotatable bonds is 2. The summed E-state index contributed by atoms with van der Waals surface area (Å²) in [5.74, 6) is 0. The van der Waals surface area contributed by atoms with Crippen molar-refractivity contribution in [3.05, 3.63) is 105 Å². The number of benzene rings is 3. The average molecular weight is 401 g/mol. The third-order valence-corrected chi connectivity index (χ3v) is 5.07. The minimum Gasteiger partial charge on any atom is -0.0827 e. The van der Waals surface area contributed by atoms with Gasteiger partial charge in [0.15, 0.2) is 0 Å². The lowest BCUT2D eigenvalue weighted by Crippen LogP contribution is -1.91. The van der Waals surface area contributed by atoms with E-state index in [9.17, 15) is 0 Å². The fourth-order valence-electron chi connectivity index (χ4n) is 2.64. The van der Waals surface area contributed by atoms with Crippen LogP contribution in [-0.2, 0) is 12.8 Å². The molecule has 3 aromatic rings. The third-order valence-electron chi connectivity index (χ3n) is 4.34. The molecule has 0 aromatic heterocycles. The minimum absolute atomic E-state index is 0.613. The zero-order valence-corrected chi connectivity index (χ0v) is 18.5. The van der Waals surface area contributed by atoms with Crippen LogP contribution in [0.3, 0.4) is 0 Å². The van der Waals surface area contributed by atoms with Gasteiger partial charge in [0.05, 0.1) is 10.0 Å². The summed E-state index contributed by atoms with van der Waals surface area (Å²) in [5.41, 5.74) is 6.91. The predicted octanol–water partition coefficient (Wildman–Crippen LogP) is 8.42. The summed E-state index contributed by atoms with van der Waals surface area (Å²) in [6, 6.07) is 22.4. The van der Waals surface area contributed by atoms with E-state index in [0.717, 1.165) is 18.4 Å². The highest BCUT2D eigenvalue weighted by atomic mass is 35.5. The minimum atomic E-state index is 0.613. The Hall–Kier alpha value is -1.76. The van der Waals surface area contributed by atoms with Crippen molar-refractivity contribution in [3.8, 4) is 0 Å². The van der Waals surface area contributed by atoms with Gasteiger partial charge in [-0.2, -0.15) is 0 Å². The molecule has 0 radical (unpaired) electrons. The lowest BCUT2D eigenvalue weighted by Gasteiger charge is -2.06. The molecule has 2 heteroatoms. The second-order valence-electron chi connectivity index (χ2n) is 6.48. The maximum atomic E-state index is 5.68. The van der Waals surface area contributed by atoms with Crippen LogP contribution < -0.4 is 0 Å². The Bertz CT molecular complexity index is 786. The Morgan fingerprint density at radius 2 is 1.15 bits per heavy atom. The van der Waals surface area contributed by atoms with Crippen LogP contribution in [-0.4, -0.2) is 0 Å². The second-order valence-corrected chi connectivity index (χ2v) is 7.30. The quantitative estimate of drug-likeness (QED) is 0.404.